The molecule has 2 nitrogen and oxygen atoms in total. The molecule has 1 fully saturated rings. The van der Waals surface area contributed by atoms with Crippen molar-refractivity contribution in [1.82, 2.24) is 0 Å². The summed E-state index contributed by atoms with van der Waals surface area (Å²) in [7, 11) is -2.60. The molecular weight excluding hydrogens is 208 g/mol. The SMILES string of the molecule is CCO[Si]1(C)CC[Si](C)(OCC)CC1. The molecule has 0 aromatic rings. The van der Waals surface area contributed by atoms with E-state index >= 15 is 0 Å². The quantitative estimate of drug-likeness (QED) is 0.693. The van der Waals surface area contributed by atoms with Crippen LogP contribution in [0.15, 0.2) is 0 Å². The summed E-state index contributed by atoms with van der Waals surface area (Å²) in [5, 5.41) is 0. The van der Waals surface area contributed by atoms with E-state index in [9.17, 15) is 0 Å². The van der Waals surface area contributed by atoms with Gasteiger partial charge in [0.25, 0.3) is 0 Å². The standard InChI is InChI=1S/C10H24O2Si2/c1-5-11-13(3)7-9-14(4,10-8-13)12-6-2/h5-10H2,1-4H3. The van der Waals surface area contributed by atoms with Crippen LogP contribution in [0.2, 0.25) is 37.3 Å². The van der Waals surface area contributed by atoms with Crippen LogP contribution in [0.25, 0.3) is 0 Å². The molecule has 84 valence electrons. The van der Waals surface area contributed by atoms with E-state index in [1.807, 2.05) is 0 Å². The summed E-state index contributed by atoms with van der Waals surface area (Å²) >= 11 is 0. The zero-order chi connectivity index (χ0) is 10.7. The van der Waals surface area contributed by atoms with Gasteiger partial charge in [0.15, 0.2) is 16.6 Å². The summed E-state index contributed by atoms with van der Waals surface area (Å²) in [5.41, 5.74) is 0. The van der Waals surface area contributed by atoms with E-state index in [-0.39, 0.29) is 0 Å². The molecule has 1 heterocycles. The van der Waals surface area contributed by atoms with Crippen LogP contribution in [0.3, 0.4) is 0 Å². The maximum absolute atomic E-state index is 5.95. The zero-order valence-electron chi connectivity index (χ0n) is 10.1. The summed E-state index contributed by atoms with van der Waals surface area (Å²) in [5.74, 6) is 0. The predicted octanol–water partition coefficient (Wildman–Crippen LogP) is 3.22. The lowest BCUT2D eigenvalue weighted by atomic mass is 10.9. The van der Waals surface area contributed by atoms with Gasteiger partial charge in [-0.25, -0.2) is 0 Å². The summed E-state index contributed by atoms with van der Waals surface area (Å²) < 4.78 is 11.9. The van der Waals surface area contributed by atoms with E-state index in [1.54, 1.807) is 0 Å². The van der Waals surface area contributed by atoms with Gasteiger partial charge in [0.2, 0.25) is 0 Å². The fourth-order valence-electron chi connectivity index (χ4n) is 2.29. The van der Waals surface area contributed by atoms with Crippen molar-refractivity contribution >= 4 is 16.6 Å². The van der Waals surface area contributed by atoms with E-state index < -0.39 is 16.6 Å². The molecule has 0 bridgehead atoms. The fourth-order valence-corrected chi connectivity index (χ4v) is 13.2. The van der Waals surface area contributed by atoms with Crippen molar-refractivity contribution in [2.45, 2.75) is 51.1 Å². The van der Waals surface area contributed by atoms with Crippen molar-refractivity contribution in [3.8, 4) is 0 Å². The maximum Gasteiger partial charge on any atom is 0.189 e. The minimum absolute atomic E-state index is 0.898. The fraction of sp³-hybridized carbons (Fsp3) is 1.00. The summed E-state index contributed by atoms with van der Waals surface area (Å²) in [6, 6.07) is 5.29. The molecule has 0 aromatic carbocycles. The molecule has 0 atom stereocenters. The van der Waals surface area contributed by atoms with Crippen molar-refractivity contribution in [2.24, 2.45) is 0 Å². The third-order valence-corrected chi connectivity index (χ3v) is 11.6. The van der Waals surface area contributed by atoms with Gasteiger partial charge in [0.05, 0.1) is 0 Å². The molecule has 0 spiro atoms. The van der Waals surface area contributed by atoms with Gasteiger partial charge in [-0.15, -0.1) is 0 Å². The van der Waals surface area contributed by atoms with Crippen LogP contribution in [0.4, 0.5) is 0 Å². The Morgan fingerprint density at radius 1 is 0.786 bits per heavy atom. The Labute approximate surface area is 90.3 Å². The van der Waals surface area contributed by atoms with Crippen LogP contribution in [0.1, 0.15) is 13.8 Å². The average Bonchev–Trinajstić information content (AvgIpc) is 2.13. The first-order chi connectivity index (χ1) is 6.54. The zero-order valence-corrected chi connectivity index (χ0v) is 12.1. The molecule has 1 aliphatic rings. The second kappa shape index (κ2) is 4.92. The van der Waals surface area contributed by atoms with E-state index in [1.165, 1.54) is 24.2 Å². The molecule has 1 rings (SSSR count). The van der Waals surface area contributed by atoms with Gasteiger partial charge in [-0.1, -0.05) is 0 Å². The third-order valence-electron chi connectivity index (χ3n) is 3.35. The largest absolute Gasteiger partial charge is 0.417 e. The van der Waals surface area contributed by atoms with Crippen LogP contribution >= 0.6 is 0 Å². The Kier molecular flexibility index (Phi) is 4.37. The van der Waals surface area contributed by atoms with Gasteiger partial charge in [-0.2, -0.15) is 0 Å². The Morgan fingerprint density at radius 2 is 1.07 bits per heavy atom. The van der Waals surface area contributed by atoms with Crippen molar-refractivity contribution in [1.29, 1.82) is 0 Å². The Bertz CT molecular complexity index is 157. The molecule has 0 amide bonds. The number of hydrogen-bond donors (Lipinski definition) is 0. The van der Waals surface area contributed by atoms with E-state index in [0.29, 0.717) is 0 Å². The van der Waals surface area contributed by atoms with Crippen molar-refractivity contribution < 1.29 is 8.85 Å². The van der Waals surface area contributed by atoms with Crippen LogP contribution in [-0.2, 0) is 8.85 Å². The first-order valence-electron chi connectivity index (χ1n) is 5.81. The summed E-state index contributed by atoms with van der Waals surface area (Å²) in [4.78, 5) is 0. The van der Waals surface area contributed by atoms with Gasteiger partial charge >= 0.3 is 0 Å². The van der Waals surface area contributed by atoms with E-state index in [0.717, 1.165) is 13.2 Å². The van der Waals surface area contributed by atoms with E-state index in [2.05, 4.69) is 26.9 Å². The van der Waals surface area contributed by atoms with Crippen LogP contribution in [0.5, 0.6) is 0 Å². The molecule has 1 saturated heterocycles. The molecular formula is C10H24O2Si2. The van der Waals surface area contributed by atoms with Gasteiger partial charge in [0.1, 0.15) is 0 Å². The van der Waals surface area contributed by atoms with Crippen LogP contribution < -0.4 is 0 Å². The van der Waals surface area contributed by atoms with Gasteiger partial charge in [0, 0.05) is 13.2 Å². The van der Waals surface area contributed by atoms with Gasteiger partial charge in [-0.05, 0) is 51.1 Å². The lowest BCUT2D eigenvalue weighted by Crippen LogP contribution is -2.47. The first kappa shape index (κ1) is 12.4. The number of rotatable bonds is 4. The molecule has 14 heavy (non-hydrogen) atoms. The molecule has 0 N–H and O–H groups in total. The smallest absolute Gasteiger partial charge is 0.189 e. The molecule has 0 unspecified atom stereocenters. The van der Waals surface area contributed by atoms with Gasteiger partial charge < -0.3 is 8.85 Å². The predicted molar refractivity (Wildman–Crippen MR) is 65.7 cm³/mol. The minimum atomic E-state index is -1.30. The van der Waals surface area contributed by atoms with Crippen LogP contribution in [-0.4, -0.2) is 29.8 Å². The van der Waals surface area contributed by atoms with Gasteiger partial charge in [-0.3, -0.25) is 0 Å². The lowest BCUT2D eigenvalue weighted by Gasteiger charge is -2.39. The molecule has 0 aromatic heterocycles. The maximum atomic E-state index is 5.95. The normalized spacial score (nSPS) is 38.6. The summed E-state index contributed by atoms with van der Waals surface area (Å²) in [6.45, 7) is 10.8. The molecule has 0 saturated carbocycles. The molecule has 1 aliphatic heterocycles. The highest BCUT2D eigenvalue weighted by atomic mass is 28.4. The highest BCUT2D eigenvalue weighted by molar-refractivity contribution is 6.82. The first-order valence-corrected chi connectivity index (χ1v) is 11.5. The highest BCUT2D eigenvalue weighted by Crippen LogP contribution is 2.36. The Balaban J connectivity index is 2.44. The van der Waals surface area contributed by atoms with Crippen LogP contribution in [0, 0.1) is 0 Å². The second-order valence-electron chi connectivity index (χ2n) is 4.77. The Hall–Kier alpha value is 0.354. The molecule has 0 radical (unpaired) electrons. The number of hydrogen-bond acceptors (Lipinski definition) is 2. The minimum Gasteiger partial charge on any atom is -0.417 e. The average molecular weight is 232 g/mol. The van der Waals surface area contributed by atoms with Crippen molar-refractivity contribution in [2.75, 3.05) is 13.2 Å². The third kappa shape index (κ3) is 3.19. The monoisotopic (exact) mass is 232 g/mol. The lowest BCUT2D eigenvalue weighted by molar-refractivity contribution is 0.305. The molecule has 4 heteroatoms. The topological polar surface area (TPSA) is 18.5 Å². The Morgan fingerprint density at radius 3 is 1.29 bits per heavy atom. The van der Waals surface area contributed by atoms with Crippen molar-refractivity contribution in [3.05, 3.63) is 0 Å². The highest BCUT2D eigenvalue weighted by Gasteiger charge is 2.42. The second-order valence-corrected chi connectivity index (χ2v) is 13.1. The summed E-state index contributed by atoms with van der Waals surface area (Å²) in [6.07, 6.45) is 0. The molecule has 0 aliphatic carbocycles. The van der Waals surface area contributed by atoms with E-state index in [4.69, 9.17) is 8.85 Å². The van der Waals surface area contributed by atoms with Crippen molar-refractivity contribution in [3.63, 3.8) is 0 Å².